The smallest absolute Gasteiger partial charge is 0.426 e. The molecule has 1 aromatic carbocycles. The van der Waals surface area contributed by atoms with Gasteiger partial charge in [-0.2, -0.15) is 0 Å². The second-order valence-electron chi connectivity index (χ2n) is 4.96. The number of carbonyl (C=O) groups is 2. The number of non-ortho nitro benzene ring substituents is 1. The zero-order chi connectivity index (χ0) is 18.7. The highest BCUT2D eigenvalue weighted by atomic mass is 16.6. The van der Waals surface area contributed by atoms with Crippen LogP contribution in [0.25, 0.3) is 11.1 Å². The van der Waals surface area contributed by atoms with Crippen molar-refractivity contribution in [2.45, 2.75) is 6.92 Å². The largest absolute Gasteiger partial charge is 0.465 e. The van der Waals surface area contributed by atoms with Gasteiger partial charge in [-0.05, 0) is 24.6 Å². The summed E-state index contributed by atoms with van der Waals surface area (Å²) in [6.45, 7) is 1.56. The fraction of sp³-hybridized carbons (Fsp3) is 0.200. The van der Waals surface area contributed by atoms with Crippen molar-refractivity contribution in [1.82, 2.24) is 4.68 Å². The van der Waals surface area contributed by atoms with Crippen molar-refractivity contribution in [2.75, 3.05) is 25.4 Å². The Bertz CT molecular complexity index is 841. The lowest BCUT2D eigenvalue weighted by atomic mass is 10.0. The van der Waals surface area contributed by atoms with Gasteiger partial charge in [-0.3, -0.25) is 10.1 Å². The zero-order valence-electron chi connectivity index (χ0n) is 13.7. The SMILES string of the molecule is COC(=O)Nn1c(C)c(C(=O)OC)c(-c2ccc([N+](=O)[O-])cc2)c1N. The number of methoxy groups -OCH3 is 2. The first-order valence-corrected chi connectivity index (χ1v) is 7.00. The summed E-state index contributed by atoms with van der Waals surface area (Å²) in [6.07, 6.45) is -0.781. The second-order valence-corrected chi connectivity index (χ2v) is 4.96. The molecule has 0 bridgehead atoms. The number of aromatic nitrogens is 1. The monoisotopic (exact) mass is 348 g/mol. The molecule has 0 unspecified atom stereocenters. The molecule has 10 nitrogen and oxygen atoms in total. The third-order valence-corrected chi connectivity index (χ3v) is 3.59. The lowest BCUT2D eigenvalue weighted by molar-refractivity contribution is -0.384. The van der Waals surface area contributed by atoms with Gasteiger partial charge in [-0.25, -0.2) is 19.7 Å². The molecule has 0 atom stereocenters. The van der Waals surface area contributed by atoms with Gasteiger partial charge in [-0.1, -0.05) is 0 Å². The van der Waals surface area contributed by atoms with Gasteiger partial charge in [0.2, 0.25) is 0 Å². The van der Waals surface area contributed by atoms with E-state index in [9.17, 15) is 19.7 Å². The number of nitrogens with zero attached hydrogens (tertiary/aromatic N) is 2. The predicted octanol–water partition coefficient (Wildman–Crippen LogP) is 2.05. The van der Waals surface area contributed by atoms with Crippen molar-refractivity contribution in [1.29, 1.82) is 0 Å². The summed E-state index contributed by atoms with van der Waals surface area (Å²) in [5.41, 5.74) is 9.55. The molecule has 0 aliphatic carbocycles. The van der Waals surface area contributed by atoms with Crippen LogP contribution in [-0.4, -0.2) is 35.9 Å². The fourth-order valence-electron chi connectivity index (χ4n) is 2.39. The van der Waals surface area contributed by atoms with Crippen LogP contribution in [0.3, 0.4) is 0 Å². The molecule has 0 radical (unpaired) electrons. The summed E-state index contributed by atoms with van der Waals surface area (Å²) in [4.78, 5) is 33.9. The van der Waals surface area contributed by atoms with Crippen LogP contribution in [0.5, 0.6) is 0 Å². The van der Waals surface area contributed by atoms with Crippen molar-refractivity contribution in [2.24, 2.45) is 0 Å². The van der Waals surface area contributed by atoms with E-state index >= 15 is 0 Å². The molecule has 0 spiro atoms. The van der Waals surface area contributed by atoms with Crippen molar-refractivity contribution >= 4 is 23.6 Å². The number of anilines is 1. The number of amides is 1. The molecule has 1 aromatic heterocycles. The van der Waals surface area contributed by atoms with Gasteiger partial charge in [-0.15, -0.1) is 0 Å². The molecule has 0 saturated carbocycles. The van der Waals surface area contributed by atoms with Crippen molar-refractivity contribution < 1.29 is 24.0 Å². The number of nitrogen functional groups attached to an aromatic ring is 1. The summed E-state index contributed by atoms with van der Waals surface area (Å²) < 4.78 is 10.5. The first-order chi connectivity index (χ1) is 11.8. The van der Waals surface area contributed by atoms with E-state index in [1.165, 1.54) is 43.2 Å². The number of nitrogens with one attached hydrogen (secondary N) is 1. The average Bonchev–Trinajstić information content (AvgIpc) is 2.85. The summed E-state index contributed by atoms with van der Waals surface area (Å²) >= 11 is 0. The standard InChI is InChI=1S/C15H16N4O6/c1-8-11(14(20)24-2)12(13(16)18(8)17-15(21)25-3)9-4-6-10(7-5-9)19(22)23/h4-7H,16H2,1-3H3,(H,17,21). The average molecular weight is 348 g/mol. The molecule has 0 aliphatic rings. The van der Waals surface area contributed by atoms with Gasteiger partial charge >= 0.3 is 12.1 Å². The van der Waals surface area contributed by atoms with E-state index in [0.717, 1.165) is 0 Å². The first-order valence-electron chi connectivity index (χ1n) is 7.00. The molecule has 0 saturated heterocycles. The van der Waals surface area contributed by atoms with E-state index in [0.29, 0.717) is 11.3 Å². The molecule has 3 N–H and O–H groups in total. The Morgan fingerprint density at radius 1 is 1.20 bits per heavy atom. The van der Waals surface area contributed by atoms with E-state index < -0.39 is 17.0 Å². The maximum atomic E-state index is 12.2. The molecule has 1 amide bonds. The van der Waals surface area contributed by atoms with E-state index in [1.54, 1.807) is 6.92 Å². The summed E-state index contributed by atoms with van der Waals surface area (Å²) in [5, 5.41) is 10.8. The molecule has 2 rings (SSSR count). The summed E-state index contributed by atoms with van der Waals surface area (Å²) in [5.74, 6) is -0.611. The van der Waals surface area contributed by atoms with Crippen molar-refractivity contribution in [3.8, 4) is 11.1 Å². The molecule has 0 aliphatic heterocycles. The topological polar surface area (TPSA) is 139 Å². The Morgan fingerprint density at radius 2 is 1.80 bits per heavy atom. The first kappa shape index (κ1) is 17.8. The number of hydrogen-bond acceptors (Lipinski definition) is 7. The van der Waals surface area contributed by atoms with Crippen LogP contribution < -0.4 is 11.2 Å². The third-order valence-electron chi connectivity index (χ3n) is 3.59. The highest BCUT2D eigenvalue weighted by Gasteiger charge is 2.27. The fourth-order valence-corrected chi connectivity index (χ4v) is 2.39. The molecular formula is C15H16N4O6. The van der Waals surface area contributed by atoms with Gasteiger partial charge in [0.05, 0.1) is 30.4 Å². The second kappa shape index (κ2) is 6.91. The number of benzene rings is 1. The van der Waals surface area contributed by atoms with E-state index in [2.05, 4.69) is 10.2 Å². The Kier molecular flexibility index (Phi) is 4.92. The maximum Gasteiger partial charge on any atom is 0.426 e. The van der Waals surface area contributed by atoms with Crippen LogP contribution in [-0.2, 0) is 9.47 Å². The number of ether oxygens (including phenoxy) is 2. The summed E-state index contributed by atoms with van der Waals surface area (Å²) in [7, 11) is 2.39. The number of hydrogen-bond donors (Lipinski definition) is 2. The van der Waals surface area contributed by atoms with Gasteiger partial charge in [0, 0.05) is 17.7 Å². The number of nitro groups is 1. The van der Waals surface area contributed by atoms with E-state index in [-0.39, 0.29) is 22.6 Å². The Labute approximate surface area is 142 Å². The Morgan fingerprint density at radius 3 is 2.28 bits per heavy atom. The van der Waals surface area contributed by atoms with Gasteiger partial charge in [0.1, 0.15) is 5.82 Å². The summed E-state index contributed by atoms with van der Waals surface area (Å²) in [6, 6.07) is 5.49. The molecule has 25 heavy (non-hydrogen) atoms. The number of nitrogens with two attached hydrogens (primary N) is 1. The molecule has 2 aromatic rings. The minimum absolute atomic E-state index is 0.0529. The van der Waals surface area contributed by atoms with Crippen LogP contribution >= 0.6 is 0 Å². The highest BCUT2D eigenvalue weighted by molar-refractivity contribution is 6.02. The van der Waals surface area contributed by atoms with Crippen LogP contribution in [0, 0.1) is 17.0 Å². The Balaban J connectivity index is 2.66. The number of carbonyl (C=O) groups excluding carboxylic acids is 2. The normalized spacial score (nSPS) is 10.2. The molecule has 10 heteroatoms. The van der Waals surface area contributed by atoms with Gasteiger partial charge in [0.15, 0.2) is 0 Å². The van der Waals surface area contributed by atoms with Crippen molar-refractivity contribution in [3.05, 3.63) is 45.6 Å². The van der Waals surface area contributed by atoms with Gasteiger partial charge < -0.3 is 15.2 Å². The predicted molar refractivity (Wildman–Crippen MR) is 88.8 cm³/mol. The number of nitro benzene ring substituents is 1. The van der Waals surface area contributed by atoms with E-state index in [4.69, 9.17) is 10.5 Å². The van der Waals surface area contributed by atoms with Crippen LogP contribution in [0.1, 0.15) is 16.1 Å². The number of esters is 1. The van der Waals surface area contributed by atoms with Gasteiger partial charge in [0.25, 0.3) is 5.69 Å². The molecular weight excluding hydrogens is 332 g/mol. The maximum absolute atomic E-state index is 12.2. The molecule has 0 fully saturated rings. The highest BCUT2D eigenvalue weighted by Crippen LogP contribution is 2.35. The van der Waals surface area contributed by atoms with Crippen LogP contribution in [0.4, 0.5) is 16.3 Å². The van der Waals surface area contributed by atoms with Crippen LogP contribution in [0.15, 0.2) is 24.3 Å². The lowest BCUT2D eigenvalue weighted by Crippen LogP contribution is -2.25. The quantitative estimate of drug-likeness (QED) is 0.489. The number of rotatable bonds is 4. The van der Waals surface area contributed by atoms with Crippen molar-refractivity contribution in [3.63, 3.8) is 0 Å². The van der Waals surface area contributed by atoms with E-state index in [1.807, 2.05) is 0 Å². The molecule has 132 valence electrons. The minimum Gasteiger partial charge on any atom is -0.465 e. The Hall–Kier alpha value is -3.56. The third kappa shape index (κ3) is 3.22. The van der Waals surface area contributed by atoms with Crippen LogP contribution in [0.2, 0.25) is 0 Å². The lowest BCUT2D eigenvalue weighted by Gasteiger charge is -2.09. The minimum atomic E-state index is -0.781. The zero-order valence-corrected chi connectivity index (χ0v) is 13.7. The molecule has 1 heterocycles.